The first-order valence-electron chi connectivity index (χ1n) is 4.64. The van der Waals surface area contributed by atoms with Crippen LogP contribution in [0, 0.1) is 0 Å². The van der Waals surface area contributed by atoms with Gasteiger partial charge in [0.2, 0.25) is 0 Å². The third-order valence-corrected chi connectivity index (χ3v) is 2.87. The number of benzene rings is 1. The Morgan fingerprint density at radius 3 is 2.00 bits per heavy atom. The first kappa shape index (κ1) is 10.6. The van der Waals surface area contributed by atoms with Gasteiger partial charge < -0.3 is 5.11 Å². The van der Waals surface area contributed by atoms with Crippen LogP contribution < -0.4 is 0 Å². The van der Waals surface area contributed by atoms with Crippen molar-refractivity contribution in [3.05, 3.63) is 29.8 Å². The van der Waals surface area contributed by atoms with E-state index in [4.69, 9.17) is 0 Å². The molecule has 1 aromatic rings. The number of rotatable bonds is 3. The zero-order valence-corrected chi connectivity index (χ0v) is 9.01. The molecule has 0 saturated heterocycles. The summed E-state index contributed by atoms with van der Waals surface area (Å²) in [4.78, 5) is 0.929. The number of aliphatic hydroxyl groups is 1. The summed E-state index contributed by atoms with van der Waals surface area (Å²) in [6.45, 7) is 4.00. The van der Waals surface area contributed by atoms with E-state index >= 15 is 0 Å². The summed E-state index contributed by atoms with van der Waals surface area (Å²) in [6, 6.07) is 7.70. The monoisotopic (exact) mass is 196 g/mol. The van der Waals surface area contributed by atoms with Gasteiger partial charge in [-0.3, -0.25) is 0 Å². The highest BCUT2D eigenvalue weighted by Gasteiger charge is 2.23. The largest absolute Gasteiger partial charge is 0.385 e. The fourth-order valence-electron chi connectivity index (χ4n) is 1.43. The van der Waals surface area contributed by atoms with Crippen LogP contribution in [-0.2, 0) is 5.60 Å². The van der Waals surface area contributed by atoms with E-state index in [0.29, 0.717) is 0 Å². The summed E-state index contributed by atoms with van der Waals surface area (Å²) in [5.74, 6) is 0. The molecular weight excluding hydrogens is 180 g/mol. The minimum atomic E-state index is -0.665. The van der Waals surface area contributed by atoms with Gasteiger partial charge in [-0.05, 0) is 30.5 Å². The van der Waals surface area contributed by atoms with Crippen LogP contribution in [0.15, 0.2) is 29.2 Å². The summed E-state index contributed by atoms with van der Waals surface area (Å²) in [7, 11) is 0. The molecule has 0 radical (unpaired) electrons. The molecule has 1 nitrogen and oxygen atoms in total. The maximum atomic E-state index is 10.2. The van der Waals surface area contributed by atoms with Crippen molar-refractivity contribution < 1.29 is 5.11 Å². The fraction of sp³-hybridized carbons (Fsp3) is 0.455. The van der Waals surface area contributed by atoms with Crippen molar-refractivity contribution in [3.8, 4) is 0 Å². The van der Waals surface area contributed by atoms with Crippen LogP contribution in [0.4, 0.5) is 0 Å². The fourth-order valence-corrected chi connectivity index (χ4v) is 1.58. The van der Waals surface area contributed by atoms with E-state index < -0.39 is 5.60 Å². The predicted octanol–water partition coefficient (Wildman–Crippen LogP) is 2.98. The Labute approximate surface area is 85.2 Å². The van der Waals surface area contributed by atoms with Crippen LogP contribution >= 0.6 is 12.6 Å². The van der Waals surface area contributed by atoms with E-state index in [1.54, 1.807) is 0 Å². The Bertz CT molecular complexity index is 262. The molecule has 0 aliphatic carbocycles. The normalized spacial score (nSPS) is 11.7. The highest BCUT2D eigenvalue weighted by atomic mass is 32.1. The minimum absolute atomic E-state index is 0.665. The van der Waals surface area contributed by atoms with Crippen LogP contribution in [0.1, 0.15) is 32.3 Å². The molecule has 2 heteroatoms. The Balaban J connectivity index is 2.99. The van der Waals surface area contributed by atoms with Crippen molar-refractivity contribution in [2.45, 2.75) is 37.2 Å². The molecule has 0 aromatic heterocycles. The first-order chi connectivity index (χ1) is 6.12. The molecule has 0 unspecified atom stereocenters. The lowest BCUT2D eigenvalue weighted by Gasteiger charge is -2.25. The molecule has 0 aliphatic rings. The van der Waals surface area contributed by atoms with Crippen molar-refractivity contribution in [1.29, 1.82) is 0 Å². The molecule has 0 amide bonds. The summed E-state index contributed by atoms with van der Waals surface area (Å²) in [5.41, 5.74) is 0.317. The molecule has 1 aromatic carbocycles. The molecule has 0 aliphatic heterocycles. The molecule has 1 rings (SSSR count). The van der Waals surface area contributed by atoms with Gasteiger partial charge in [-0.25, -0.2) is 0 Å². The molecule has 0 bridgehead atoms. The quantitative estimate of drug-likeness (QED) is 0.712. The van der Waals surface area contributed by atoms with Gasteiger partial charge in [-0.1, -0.05) is 26.0 Å². The van der Waals surface area contributed by atoms with Crippen molar-refractivity contribution in [3.63, 3.8) is 0 Å². The maximum absolute atomic E-state index is 10.2. The highest BCUT2D eigenvalue weighted by molar-refractivity contribution is 7.80. The molecule has 1 N–H and O–H groups in total. The van der Waals surface area contributed by atoms with Gasteiger partial charge in [0.05, 0.1) is 5.60 Å². The molecular formula is C11H16OS. The van der Waals surface area contributed by atoms with Gasteiger partial charge in [-0.15, -0.1) is 12.6 Å². The topological polar surface area (TPSA) is 20.2 Å². The molecule has 13 heavy (non-hydrogen) atoms. The Morgan fingerprint density at radius 2 is 1.62 bits per heavy atom. The van der Waals surface area contributed by atoms with Crippen LogP contribution in [-0.4, -0.2) is 5.11 Å². The third-order valence-electron chi connectivity index (χ3n) is 2.57. The molecule has 0 heterocycles. The lowest BCUT2D eigenvalue weighted by atomic mass is 9.89. The molecule has 0 saturated carbocycles. The third kappa shape index (κ3) is 2.26. The van der Waals surface area contributed by atoms with E-state index in [-0.39, 0.29) is 0 Å². The Hall–Kier alpha value is -0.470. The van der Waals surface area contributed by atoms with Crippen molar-refractivity contribution >= 4 is 12.6 Å². The van der Waals surface area contributed by atoms with Crippen LogP contribution in [0.2, 0.25) is 0 Å². The van der Waals surface area contributed by atoms with Crippen LogP contribution in [0.3, 0.4) is 0 Å². The average molecular weight is 196 g/mol. The lowest BCUT2D eigenvalue weighted by Crippen LogP contribution is -2.23. The zero-order chi connectivity index (χ0) is 9.90. The van der Waals surface area contributed by atoms with Crippen LogP contribution in [0.5, 0.6) is 0 Å². The number of hydrogen-bond donors (Lipinski definition) is 2. The van der Waals surface area contributed by atoms with Gasteiger partial charge in [0.1, 0.15) is 0 Å². The molecule has 0 atom stereocenters. The smallest absolute Gasteiger partial charge is 0.0891 e. The number of thiol groups is 1. The Kier molecular flexibility index (Phi) is 3.40. The number of hydrogen-bond acceptors (Lipinski definition) is 2. The van der Waals surface area contributed by atoms with E-state index in [1.807, 2.05) is 38.1 Å². The van der Waals surface area contributed by atoms with Crippen molar-refractivity contribution in [2.24, 2.45) is 0 Å². The van der Waals surface area contributed by atoms with E-state index in [9.17, 15) is 5.11 Å². The maximum Gasteiger partial charge on any atom is 0.0891 e. The van der Waals surface area contributed by atoms with E-state index in [0.717, 1.165) is 23.3 Å². The first-order valence-corrected chi connectivity index (χ1v) is 5.09. The van der Waals surface area contributed by atoms with Gasteiger partial charge >= 0.3 is 0 Å². The second kappa shape index (κ2) is 4.16. The standard InChI is InChI=1S/C11H16OS/c1-3-11(12,4-2)9-5-7-10(13)8-6-9/h5-8,12-13H,3-4H2,1-2H3. The second-order valence-electron chi connectivity index (χ2n) is 3.29. The predicted molar refractivity (Wildman–Crippen MR) is 58.2 cm³/mol. The summed E-state index contributed by atoms with van der Waals surface area (Å²) in [6.07, 6.45) is 1.49. The Morgan fingerprint density at radius 1 is 1.15 bits per heavy atom. The molecule has 0 spiro atoms. The van der Waals surface area contributed by atoms with E-state index in [1.165, 1.54) is 0 Å². The van der Waals surface area contributed by atoms with Gasteiger partial charge in [0.25, 0.3) is 0 Å². The highest BCUT2D eigenvalue weighted by Crippen LogP contribution is 2.28. The SMILES string of the molecule is CCC(O)(CC)c1ccc(S)cc1. The molecule has 72 valence electrons. The summed E-state index contributed by atoms with van der Waals surface area (Å²) >= 11 is 4.20. The van der Waals surface area contributed by atoms with Gasteiger partial charge in [0, 0.05) is 4.90 Å². The van der Waals surface area contributed by atoms with Crippen molar-refractivity contribution in [1.82, 2.24) is 0 Å². The minimum Gasteiger partial charge on any atom is -0.385 e. The molecule has 0 fully saturated rings. The summed E-state index contributed by atoms with van der Waals surface area (Å²) in [5, 5.41) is 10.2. The summed E-state index contributed by atoms with van der Waals surface area (Å²) < 4.78 is 0. The van der Waals surface area contributed by atoms with Gasteiger partial charge in [-0.2, -0.15) is 0 Å². The van der Waals surface area contributed by atoms with E-state index in [2.05, 4.69) is 12.6 Å². The second-order valence-corrected chi connectivity index (χ2v) is 3.80. The average Bonchev–Trinajstić information content (AvgIpc) is 2.18. The van der Waals surface area contributed by atoms with Crippen LogP contribution in [0.25, 0.3) is 0 Å². The van der Waals surface area contributed by atoms with Gasteiger partial charge in [0.15, 0.2) is 0 Å². The van der Waals surface area contributed by atoms with Crippen molar-refractivity contribution in [2.75, 3.05) is 0 Å². The zero-order valence-electron chi connectivity index (χ0n) is 8.12. The lowest BCUT2D eigenvalue weighted by molar-refractivity contribution is 0.0283.